The van der Waals surface area contributed by atoms with Crippen molar-refractivity contribution in [2.75, 3.05) is 27.2 Å². The molecule has 0 radical (unpaired) electrons. The maximum Gasteiger partial charge on any atom is 0.142 e. The Balaban J connectivity index is 2.63. The lowest BCUT2D eigenvalue weighted by molar-refractivity contribution is 0.389. The third-order valence-electron chi connectivity index (χ3n) is 3.03. The van der Waals surface area contributed by atoms with Gasteiger partial charge in [-0.25, -0.2) is 9.97 Å². The van der Waals surface area contributed by atoms with Crippen molar-refractivity contribution in [3.05, 3.63) is 22.8 Å². The van der Waals surface area contributed by atoms with Crippen LogP contribution in [0, 0.1) is 19.8 Å². The molecule has 0 aromatic carbocycles. The van der Waals surface area contributed by atoms with Gasteiger partial charge in [0.2, 0.25) is 0 Å². The number of rotatable bonds is 7. The normalized spacial score (nSPS) is 11.6. The van der Waals surface area contributed by atoms with Crippen molar-refractivity contribution in [1.29, 1.82) is 0 Å². The van der Waals surface area contributed by atoms with E-state index in [4.69, 9.17) is 0 Å². The van der Waals surface area contributed by atoms with E-state index in [-0.39, 0.29) is 0 Å². The summed E-state index contributed by atoms with van der Waals surface area (Å²) in [5, 5.41) is 3.47. The average molecular weight is 264 g/mol. The third-order valence-corrected chi connectivity index (χ3v) is 3.03. The largest absolute Gasteiger partial charge is 0.316 e. The monoisotopic (exact) mass is 264 g/mol. The Morgan fingerprint density at radius 2 is 1.68 bits per heavy atom. The second-order valence-corrected chi connectivity index (χ2v) is 5.87. The highest BCUT2D eigenvalue weighted by atomic mass is 15.1. The highest BCUT2D eigenvalue weighted by Crippen LogP contribution is 2.11. The smallest absolute Gasteiger partial charge is 0.142 e. The molecule has 1 heterocycles. The van der Waals surface area contributed by atoms with Gasteiger partial charge in [-0.15, -0.1) is 0 Å². The first-order valence-corrected chi connectivity index (χ1v) is 7.08. The van der Waals surface area contributed by atoms with Gasteiger partial charge in [0.25, 0.3) is 0 Å². The van der Waals surface area contributed by atoms with Gasteiger partial charge in [0.05, 0.1) is 6.54 Å². The number of nitrogens with one attached hydrogen (secondary N) is 1. The second kappa shape index (κ2) is 7.56. The quantitative estimate of drug-likeness (QED) is 0.764. The molecular formula is C15H28N4. The lowest BCUT2D eigenvalue weighted by Gasteiger charge is -2.14. The van der Waals surface area contributed by atoms with Crippen LogP contribution in [-0.2, 0) is 13.0 Å². The first-order valence-electron chi connectivity index (χ1n) is 7.08. The number of hydrogen-bond acceptors (Lipinski definition) is 4. The standard InChI is InChI=1S/C15H28N4/c1-11(2)9-16-8-7-14-12(3)17-15(10-19(5)6)18-13(14)4/h11,16H,7-10H2,1-6H3. The van der Waals surface area contributed by atoms with Gasteiger partial charge in [-0.1, -0.05) is 13.8 Å². The van der Waals surface area contributed by atoms with Crippen molar-refractivity contribution in [2.24, 2.45) is 5.92 Å². The number of aromatic nitrogens is 2. The zero-order valence-electron chi connectivity index (χ0n) is 13.2. The van der Waals surface area contributed by atoms with Crippen LogP contribution >= 0.6 is 0 Å². The summed E-state index contributed by atoms with van der Waals surface area (Å²) in [7, 11) is 4.08. The minimum Gasteiger partial charge on any atom is -0.316 e. The van der Waals surface area contributed by atoms with Crippen LogP contribution in [0.3, 0.4) is 0 Å². The van der Waals surface area contributed by atoms with E-state index in [1.165, 1.54) is 5.56 Å². The van der Waals surface area contributed by atoms with Crippen molar-refractivity contribution < 1.29 is 0 Å². The molecule has 1 N–H and O–H groups in total. The minimum atomic E-state index is 0.695. The Labute approximate surface area is 117 Å². The fraction of sp³-hybridized carbons (Fsp3) is 0.733. The maximum atomic E-state index is 4.61. The van der Waals surface area contributed by atoms with E-state index >= 15 is 0 Å². The molecule has 0 fully saturated rings. The van der Waals surface area contributed by atoms with Crippen molar-refractivity contribution in [3.8, 4) is 0 Å². The van der Waals surface area contributed by atoms with Crippen LogP contribution in [0.5, 0.6) is 0 Å². The van der Waals surface area contributed by atoms with Gasteiger partial charge in [0.15, 0.2) is 0 Å². The zero-order valence-corrected chi connectivity index (χ0v) is 13.2. The number of nitrogens with zero attached hydrogens (tertiary/aromatic N) is 3. The summed E-state index contributed by atoms with van der Waals surface area (Å²) in [6, 6.07) is 0. The molecule has 0 atom stereocenters. The Bertz CT molecular complexity index is 376. The van der Waals surface area contributed by atoms with Gasteiger partial charge in [-0.2, -0.15) is 0 Å². The lowest BCUT2D eigenvalue weighted by atomic mass is 10.1. The fourth-order valence-electron chi connectivity index (χ4n) is 2.13. The molecule has 0 aliphatic heterocycles. The highest BCUT2D eigenvalue weighted by molar-refractivity contribution is 5.24. The van der Waals surface area contributed by atoms with E-state index in [1.807, 2.05) is 14.1 Å². The van der Waals surface area contributed by atoms with Gasteiger partial charge in [0, 0.05) is 11.4 Å². The molecule has 0 amide bonds. The highest BCUT2D eigenvalue weighted by Gasteiger charge is 2.09. The van der Waals surface area contributed by atoms with E-state index in [2.05, 4.69) is 47.9 Å². The van der Waals surface area contributed by atoms with E-state index in [0.29, 0.717) is 5.92 Å². The van der Waals surface area contributed by atoms with Crippen molar-refractivity contribution in [3.63, 3.8) is 0 Å². The Hall–Kier alpha value is -1.00. The van der Waals surface area contributed by atoms with Crippen LogP contribution in [0.1, 0.15) is 36.6 Å². The van der Waals surface area contributed by atoms with E-state index in [1.54, 1.807) is 0 Å². The molecule has 0 aliphatic carbocycles. The molecular weight excluding hydrogens is 236 g/mol. The summed E-state index contributed by atoms with van der Waals surface area (Å²) in [6.07, 6.45) is 1.01. The van der Waals surface area contributed by atoms with Crippen LogP contribution in [0.25, 0.3) is 0 Å². The number of aryl methyl sites for hydroxylation is 2. The summed E-state index contributed by atoms with van der Waals surface area (Å²) >= 11 is 0. The lowest BCUT2D eigenvalue weighted by Crippen LogP contribution is -2.23. The van der Waals surface area contributed by atoms with Crippen molar-refractivity contribution >= 4 is 0 Å². The average Bonchev–Trinajstić information content (AvgIpc) is 2.25. The van der Waals surface area contributed by atoms with E-state index in [0.717, 1.165) is 43.3 Å². The molecule has 4 heteroatoms. The topological polar surface area (TPSA) is 41.1 Å². The van der Waals surface area contributed by atoms with Gasteiger partial charge in [0.1, 0.15) is 5.82 Å². The molecule has 19 heavy (non-hydrogen) atoms. The first kappa shape index (κ1) is 16.1. The molecule has 1 aromatic rings. The first-order chi connectivity index (χ1) is 8.90. The van der Waals surface area contributed by atoms with Crippen molar-refractivity contribution in [1.82, 2.24) is 20.2 Å². The third kappa shape index (κ3) is 5.66. The summed E-state index contributed by atoms with van der Waals surface area (Å²) in [5.41, 5.74) is 3.53. The second-order valence-electron chi connectivity index (χ2n) is 5.87. The van der Waals surface area contributed by atoms with E-state index < -0.39 is 0 Å². The molecule has 0 spiro atoms. The summed E-state index contributed by atoms with van der Waals surface area (Å²) in [4.78, 5) is 11.3. The molecule has 0 aliphatic rings. The Kier molecular flexibility index (Phi) is 6.38. The minimum absolute atomic E-state index is 0.695. The summed E-state index contributed by atoms with van der Waals surface area (Å²) < 4.78 is 0. The van der Waals surface area contributed by atoms with Gasteiger partial charge in [-0.3, -0.25) is 0 Å². The predicted molar refractivity (Wildman–Crippen MR) is 80.3 cm³/mol. The number of hydrogen-bond donors (Lipinski definition) is 1. The molecule has 1 aromatic heterocycles. The summed E-state index contributed by atoms with van der Waals surface area (Å²) in [6.45, 7) is 11.5. The van der Waals surface area contributed by atoms with Crippen LogP contribution in [0.15, 0.2) is 0 Å². The fourth-order valence-corrected chi connectivity index (χ4v) is 2.13. The Morgan fingerprint density at radius 3 is 2.16 bits per heavy atom. The predicted octanol–water partition coefficient (Wildman–Crippen LogP) is 1.94. The van der Waals surface area contributed by atoms with Gasteiger partial charge >= 0.3 is 0 Å². The van der Waals surface area contributed by atoms with E-state index in [9.17, 15) is 0 Å². The summed E-state index contributed by atoms with van der Waals surface area (Å²) in [5.74, 6) is 1.61. The van der Waals surface area contributed by atoms with Gasteiger partial charge in [-0.05, 0) is 58.9 Å². The zero-order chi connectivity index (χ0) is 14.4. The molecule has 0 saturated heterocycles. The van der Waals surface area contributed by atoms with Crippen LogP contribution in [0.4, 0.5) is 0 Å². The van der Waals surface area contributed by atoms with Crippen LogP contribution in [0.2, 0.25) is 0 Å². The van der Waals surface area contributed by atoms with Crippen LogP contribution < -0.4 is 5.32 Å². The SMILES string of the molecule is Cc1nc(CN(C)C)nc(C)c1CCNCC(C)C. The molecule has 1 rings (SSSR count). The molecule has 0 saturated carbocycles. The Morgan fingerprint density at radius 1 is 1.11 bits per heavy atom. The molecule has 0 unspecified atom stereocenters. The van der Waals surface area contributed by atoms with Crippen molar-refractivity contribution in [2.45, 2.75) is 40.7 Å². The van der Waals surface area contributed by atoms with Gasteiger partial charge < -0.3 is 10.2 Å². The molecule has 108 valence electrons. The molecule has 0 bridgehead atoms. The molecule has 4 nitrogen and oxygen atoms in total. The van der Waals surface area contributed by atoms with Crippen LogP contribution in [-0.4, -0.2) is 42.1 Å². The maximum absolute atomic E-state index is 4.61.